The number of benzene rings is 1. The molecule has 0 aromatic heterocycles. The maximum atomic E-state index is 11.5. The van der Waals surface area contributed by atoms with Crippen LogP contribution >= 0.6 is 0 Å². The topological polar surface area (TPSA) is 83.5 Å². The Balaban J connectivity index is 2.01. The molecule has 1 fully saturated rings. The predicted molar refractivity (Wildman–Crippen MR) is 71.9 cm³/mol. The summed E-state index contributed by atoms with van der Waals surface area (Å²) < 4.78 is 23.0. The maximum Gasteiger partial charge on any atom is 0.336 e. The highest BCUT2D eigenvalue weighted by Crippen LogP contribution is 2.14. The molecule has 0 amide bonds. The van der Waals surface area contributed by atoms with Crippen molar-refractivity contribution in [3.05, 3.63) is 35.4 Å². The average molecular weight is 283 g/mol. The van der Waals surface area contributed by atoms with Crippen LogP contribution in [0, 0.1) is 0 Å². The fourth-order valence-corrected chi connectivity index (χ4v) is 3.99. The highest BCUT2D eigenvalue weighted by Gasteiger charge is 2.24. The molecular formula is C13H17NO4S. The second kappa shape index (κ2) is 5.71. The molecule has 2 N–H and O–H groups in total. The van der Waals surface area contributed by atoms with Crippen LogP contribution in [0.1, 0.15) is 28.8 Å². The van der Waals surface area contributed by atoms with E-state index in [0.717, 1.165) is 6.42 Å². The Morgan fingerprint density at radius 3 is 2.79 bits per heavy atom. The van der Waals surface area contributed by atoms with Crippen LogP contribution in [-0.2, 0) is 16.4 Å². The van der Waals surface area contributed by atoms with Crippen molar-refractivity contribution in [1.82, 2.24) is 5.32 Å². The molecule has 0 saturated carbocycles. The van der Waals surface area contributed by atoms with Gasteiger partial charge in [-0.3, -0.25) is 0 Å². The molecule has 0 aliphatic carbocycles. The summed E-state index contributed by atoms with van der Waals surface area (Å²) in [5.74, 6) is -0.562. The fraction of sp³-hybridized carbons (Fsp3) is 0.462. The summed E-state index contributed by atoms with van der Waals surface area (Å²) in [5.41, 5.74) is 0.937. The first-order valence-corrected chi connectivity index (χ1v) is 8.05. The van der Waals surface area contributed by atoms with Gasteiger partial charge < -0.3 is 10.4 Å². The Kier molecular flexibility index (Phi) is 4.21. The summed E-state index contributed by atoms with van der Waals surface area (Å²) in [6.07, 6.45) is 1.48. The maximum absolute atomic E-state index is 11.5. The van der Waals surface area contributed by atoms with Crippen LogP contribution in [0.4, 0.5) is 0 Å². The second-order valence-electron chi connectivity index (χ2n) is 4.80. The van der Waals surface area contributed by atoms with Gasteiger partial charge in [-0.2, -0.15) is 0 Å². The van der Waals surface area contributed by atoms with Gasteiger partial charge in [0, 0.05) is 12.6 Å². The van der Waals surface area contributed by atoms with Crippen LogP contribution in [0.25, 0.3) is 0 Å². The first-order chi connectivity index (χ1) is 8.98. The standard InChI is InChI=1S/C13H17NO4S/c15-13(16)12-6-2-1-4-10(12)8-14-11-5-3-7-19(17,18)9-11/h1-2,4,6,11,14H,3,5,7-9H2,(H,15,16). The van der Waals surface area contributed by atoms with Crippen LogP contribution in [0.3, 0.4) is 0 Å². The van der Waals surface area contributed by atoms with Gasteiger partial charge in [0.2, 0.25) is 0 Å². The molecular weight excluding hydrogens is 266 g/mol. The van der Waals surface area contributed by atoms with E-state index in [9.17, 15) is 13.2 Å². The van der Waals surface area contributed by atoms with Crippen molar-refractivity contribution in [3.63, 3.8) is 0 Å². The van der Waals surface area contributed by atoms with Crippen molar-refractivity contribution in [1.29, 1.82) is 0 Å². The molecule has 6 heteroatoms. The zero-order valence-electron chi connectivity index (χ0n) is 10.5. The number of hydrogen-bond donors (Lipinski definition) is 2. The van der Waals surface area contributed by atoms with Crippen molar-refractivity contribution >= 4 is 15.8 Å². The van der Waals surface area contributed by atoms with Gasteiger partial charge in [-0.25, -0.2) is 13.2 Å². The highest BCUT2D eigenvalue weighted by atomic mass is 32.2. The number of carbonyl (C=O) groups is 1. The Labute approximate surface area is 112 Å². The zero-order valence-corrected chi connectivity index (χ0v) is 11.3. The molecule has 1 heterocycles. The van der Waals surface area contributed by atoms with Gasteiger partial charge in [-0.1, -0.05) is 18.2 Å². The lowest BCUT2D eigenvalue weighted by Gasteiger charge is -2.23. The minimum Gasteiger partial charge on any atom is -0.478 e. The average Bonchev–Trinajstić information content (AvgIpc) is 2.35. The SMILES string of the molecule is O=C(O)c1ccccc1CNC1CCCS(=O)(=O)C1. The molecule has 1 aliphatic heterocycles. The number of hydrogen-bond acceptors (Lipinski definition) is 4. The Bertz CT molecular complexity index is 568. The summed E-state index contributed by atoms with van der Waals surface area (Å²) in [7, 11) is -2.94. The van der Waals surface area contributed by atoms with E-state index < -0.39 is 15.8 Å². The van der Waals surface area contributed by atoms with Gasteiger partial charge >= 0.3 is 5.97 Å². The normalized spacial score (nSPS) is 22.0. The summed E-state index contributed by atoms with van der Waals surface area (Å²) in [6.45, 7) is 0.378. The molecule has 104 valence electrons. The molecule has 0 bridgehead atoms. The van der Waals surface area contributed by atoms with Crippen molar-refractivity contribution in [3.8, 4) is 0 Å². The van der Waals surface area contributed by atoms with E-state index in [2.05, 4.69) is 5.32 Å². The number of rotatable bonds is 4. The lowest BCUT2D eigenvalue weighted by molar-refractivity contribution is 0.0695. The number of carboxylic acid groups (broad SMARTS) is 1. The lowest BCUT2D eigenvalue weighted by atomic mass is 10.1. The fourth-order valence-electron chi connectivity index (χ4n) is 2.32. The van der Waals surface area contributed by atoms with Gasteiger partial charge in [0.15, 0.2) is 9.84 Å². The summed E-state index contributed by atoms with van der Waals surface area (Å²) >= 11 is 0. The monoisotopic (exact) mass is 283 g/mol. The summed E-state index contributed by atoms with van der Waals surface area (Å²) in [5, 5.41) is 12.2. The summed E-state index contributed by atoms with van der Waals surface area (Å²) in [4.78, 5) is 11.1. The van der Waals surface area contributed by atoms with Crippen molar-refractivity contribution in [2.45, 2.75) is 25.4 Å². The van der Waals surface area contributed by atoms with E-state index >= 15 is 0 Å². The van der Waals surface area contributed by atoms with Crippen LogP contribution in [0.2, 0.25) is 0 Å². The minimum atomic E-state index is -2.94. The minimum absolute atomic E-state index is 0.0828. The number of nitrogens with one attached hydrogen (secondary N) is 1. The smallest absolute Gasteiger partial charge is 0.336 e. The first-order valence-electron chi connectivity index (χ1n) is 6.23. The molecule has 0 radical (unpaired) electrons. The summed E-state index contributed by atoms with van der Waals surface area (Å²) in [6, 6.07) is 6.67. The molecule has 1 unspecified atom stereocenters. The Morgan fingerprint density at radius 2 is 2.11 bits per heavy atom. The highest BCUT2D eigenvalue weighted by molar-refractivity contribution is 7.91. The van der Waals surface area contributed by atoms with Crippen LogP contribution in [0.5, 0.6) is 0 Å². The van der Waals surface area contributed by atoms with E-state index in [4.69, 9.17) is 5.11 Å². The van der Waals surface area contributed by atoms with Gasteiger partial charge in [0.1, 0.15) is 0 Å². The molecule has 1 aromatic carbocycles. The molecule has 0 spiro atoms. The zero-order chi connectivity index (χ0) is 13.9. The number of carboxylic acids is 1. The van der Waals surface area contributed by atoms with Gasteiger partial charge in [-0.05, 0) is 24.5 Å². The molecule has 1 aliphatic rings. The molecule has 1 atom stereocenters. The van der Waals surface area contributed by atoms with Crippen molar-refractivity contribution in [2.24, 2.45) is 0 Å². The van der Waals surface area contributed by atoms with E-state index in [1.54, 1.807) is 24.3 Å². The number of aromatic carboxylic acids is 1. The van der Waals surface area contributed by atoms with Crippen LogP contribution in [-0.4, -0.2) is 37.0 Å². The molecule has 1 saturated heterocycles. The van der Waals surface area contributed by atoms with E-state index in [1.165, 1.54) is 0 Å². The van der Waals surface area contributed by atoms with E-state index in [-0.39, 0.29) is 23.1 Å². The third-order valence-electron chi connectivity index (χ3n) is 3.29. The van der Waals surface area contributed by atoms with Crippen molar-refractivity contribution in [2.75, 3.05) is 11.5 Å². The largest absolute Gasteiger partial charge is 0.478 e. The Hall–Kier alpha value is -1.40. The Morgan fingerprint density at radius 1 is 1.37 bits per heavy atom. The van der Waals surface area contributed by atoms with Gasteiger partial charge in [0.25, 0.3) is 0 Å². The lowest BCUT2D eigenvalue weighted by Crippen LogP contribution is -2.39. The number of sulfone groups is 1. The third-order valence-corrected chi connectivity index (χ3v) is 5.11. The van der Waals surface area contributed by atoms with Gasteiger partial charge in [-0.15, -0.1) is 0 Å². The molecule has 5 nitrogen and oxygen atoms in total. The van der Waals surface area contributed by atoms with Gasteiger partial charge in [0.05, 0.1) is 17.1 Å². The van der Waals surface area contributed by atoms with Crippen LogP contribution in [0.15, 0.2) is 24.3 Å². The second-order valence-corrected chi connectivity index (χ2v) is 7.03. The van der Waals surface area contributed by atoms with Crippen molar-refractivity contribution < 1.29 is 18.3 Å². The van der Waals surface area contributed by atoms with E-state index in [0.29, 0.717) is 18.5 Å². The van der Waals surface area contributed by atoms with E-state index in [1.807, 2.05) is 0 Å². The third kappa shape index (κ3) is 3.78. The molecule has 1 aromatic rings. The molecule has 2 rings (SSSR count). The first kappa shape index (κ1) is 14.0. The van der Waals surface area contributed by atoms with Crippen LogP contribution < -0.4 is 5.32 Å². The molecule has 19 heavy (non-hydrogen) atoms. The quantitative estimate of drug-likeness (QED) is 0.863. The predicted octanol–water partition coefficient (Wildman–Crippen LogP) is 1.05.